The molecule has 7 nitrogen and oxygen atoms in total. The topological polar surface area (TPSA) is 97.1 Å². The smallest absolute Gasteiger partial charge is 0.259 e. The molecule has 1 aromatic carbocycles. The molecule has 2 amide bonds. The van der Waals surface area contributed by atoms with Crippen LogP contribution >= 0.6 is 11.3 Å². The number of fused-ring (bicyclic) bond motifs is 1. The Bertz CT molecular complexity index is 1230. The van der Waals surface area contributed by atoms with E-state index in [4.69, 9.17) is 4.52 Å². The van der Waals surface area contributed by atoms with E-state index in [0.717, 1.165) is 10.4 Å². The van der Waals surface area contributed by atoms with Gasteiger partial charge in [0.25, 0.3) is 11.6 Å². The molecule has 2 N–H and O–H groups in total. The number of hydrogen-bond donors (Lipinski definition) is 2. The number of pyridine rings is 1. The zero-order valence-corrected chi connectivity index (χ0v) is 17.5. The molecule has 0 aliphatic carbocycles. The summed E-state index contributed by atoms with van der Waals surface area (Å²) in [6, 6.07) is 12.8. The monoisotopic (exact) mass is 420 g/mol. The van der Waals surface area contributed by atoms with Crippen LogP contribution in [0.3, 0.4) is 0 Å². The highest BCUT2D eigenvalue weighted by atomic mass is 32.1. The molecule has 0 aliphatic heterocycles. The van der Waals surface area contributed by atoms with Crippen molar-refractivity contribution in [2.45, 2.75) is 26.8 Å². The van der Waals surface area contributed by atoms with E-state index in [1.54, 1.807) is 19.1 Å². The number of rotatable bonds is 5. The molecule has 0 aliphatic rings. The Kier molecular flexibility index (Phi) is 5.33. The lowest BCUT2D eigenvalue weighted by molar-refractivity contribution is -0.114. The summed E-state index contributed by atoms with van der Waals surface area (Å²) in [5.74, 6) is -0.393. The van der Waals surface area contributed by atoms with Crippen LogP contribution in [-0.4, -0.2) is 22.0 Å². The van der Waals surface area contributed by atoms with Crippen molar-refractivity contribution in [2.24, 2.45) is 0 Å². The minimum atomic E-state index is -0.278. The highest BCUT2D eigenvalue weighted by Crippen LogP contribution is 2.30. The minimum absolute atomic E-state index is 0.146. The molecular formula is C22H20N4O3S. The lowest BCUT2D eigenvalue weighted by Crippen LogP contribution is -2.27. The Labute approximate surface area is 177 Å². The van der Waals surface area contributed by atoms with E-state index in [2.05, 4.69) is 20.8 Å². The molecule has 30 heavy (non-hydrogen) atoms. The van der Waals surface area contributed by atoms with Crippen LogP contribution in [0.25, 0.3) is 21.7 Å². The molecule has 1 atom stereocenters. The summed E-state index contributed by atoms with van der Waals surface area (Å²) in [5, 5.41) is 12.3. The van der Waals surface area contributed by atoms with Gasteiger partial charge in [-0.1, -0.05) is 23.4 Å². The van der Waals surface area contributed by atoms with Crippen LogP contribution in [-0.2, 0) is 4.79 Å². The largest absolute Gasteiger partial charge is 0.345 e. The van der Waals surface area contributed by atoms with Crippen molar-refractivity contribution >= 4 is 39.9 Å². The summed E-state index contributed by atoms with van der Waals surface area (Å²) in [6.07, 6.45) is 0. The Morgan fingerprint density at radius 3 is 2.73 bits per heavy atom. The number of anilines is 1. The van der Waals surface area contributed by atoms with Crippen LogP contribution in [0, 0.1) is 6.92 Å². The molecule has 0 spiro atoms. The standard InChI is InChI=1S/C22H20N4O3S/c1-12(15-6-4-7-16(10-15)24-14(3)27)23-21(28)17-11-18(19-8-5-9-30-19)25-22-20(17)13(2)26-29-22/h4-12H,1-3H3,(H,23,28)(H,24,27). The van der Waals surface area contributed by atoms with Crippen molar-refractivity contribution in [3.63, 3.8) is 0 Å². The molecule has 0 saturated carbocycles. The lowest BCUT2D eigenvalue weighted by Gasteiger charge is -2.16. The molecule has 8 heteroatoms. The van der Waals surface area contributed by atoms with Crippen LogP contribution in [0.2, 0.25) is 0 Å². The molecule has 3 aromatic heterocycles. The fourth-order valence-corrected chi connectivity index (χ4v) is 3.96. The fraction of sp³-hybridized carbons (Fsp3) is 0.182. The number of aromatic nitrogens is 2. The predicted molar refractivity (Wildman–Crippen MR) is 116 cm³/mol. The first-order chi connectivity index (χ1) is 14.4. The van der Waals surface area contributed by atoms with E-state index in [-0.39, 0.29) is 17.9 Å². The number of nitrogens with zero attached hydrogens (tertiary/aromatic N) is 2. The van der Waals surface area contributed by atoms with Gasteiger partial charge in [0.15, 0.2) is 0 Å². The van der Waals surface area contributed by atoms with Crippen molar-refractivity contribution in [3.05, 3.63) is 64.7 Å². The highest BCUT2D eigenvalue weighted by molar-refractivity contribution is 7.13. The summed E-state index contributed by atoms with van der Waals surface area (Å²) in [5.41, 5.74) is 3.64. The average Bonchev–Trinajstić information content (AvgIpc) is 3.37. The SMILES string of the molecule is CC(=O)Nc1cccc(C(C)NC(=O)c2cc(-c3cccs3)nc3onc(C)c23)c1. The summed E-state index contributed by atoms with van der Waals surface area (Å²) in [7, 11) is 0. The van der Waals surface area contributed by atoms with E-state index in [1.165, 1.54) is 18.3 Å². The number of aryl methyl sites for hydroxylation is 1. The van der Waals surface area contributed by atoms with E-state index in [1.807, 2.05) is 42.6 Å². The van der Waals surface area contributed by atoms with Crippen LogP contribution in [0.1, 0.15) is 41.5 Å². The Morgan fingerprint density at radius 2 is 2.00 bits per heavy atom. The van der Waals surface area contributed by atoms with E-state index in [0.29, 0.717) is 33.7 Å². The second kappa shape index (κ2) is 8.08. The van der Waals surface area contributed by atoms with Gasteiger partial charge in [-0.3, -0.25) is 9.59 Å². The fourth-order valence-electron chi connectivity index (χ4n) is 3.27. The number of hydrogen-bond acceptors (Lipinski definition) is 6. The third-order valence-electron chi connectivity index (χ3n) is 4.69. The van der Waals surface area contributed by atoms with Crippen LogP contribution in [0.4, 0.5) is 5.69 Å². The van der Waals surface area contributed by atoms with Gasteiger partial charge in [-0.25, -0.2) is 4.98 Å². The minimum Gasteiger partial charge on any atom is -0.345 e. The van der Waals surface area contributed by atoms with Crippen molar-refractivity contribution < 1.29 is 14.1 Å². The molecule has 0 fully saturated rings. The van der Waals surface area contributed by atoms with Gasteiger partial charge in [0.2, 0.25) is 5.91 Å². The Morgan fingerprint density at radius 1 is 1.17 bits per heavy atom. The lowest BCUT2D eigenvalue weighted by atomic mass is 10.1. The third-order valence-corrected chi connectivity index (χ3v) is 5.58. The molecule has 0 saturated heterocycles. The molecule has 0 bridgehead atoms. The van der Waals surface area contributed by atoms with Crippen molar-refractivity contribution in [1.29, 1.82) is 0 Å². The van der Waals surface area contributed by atoms with Crippen molar-refractivity contribution in [2.75, 3.05) is 5.32 Å². The van der Waals surface area contributed by atoms with Gasteiger partial charge < -0.3 is 15.2 Å². The highest BCUT2D eigenvalue weighted by Gasteiger charge is 2.21. The molecule has 4 aromatic rings. The van der Waals surface area contributed by atoms with Gasteiger partial charge >= 0.3 is 0 Å². The van der Waals surface area contributed by atoms with Crippen LogP contribution < -0.4 is 10.6 Å². The molecule has 4 rings (SSSR count). The summed E-state index contributed by atoms with van der Waals surface area (Å²) in [4.78, 5) is 30.0. The maximum Gasteiger partial charge on any atom is 0.259 e. The van der Waals surface area contributed by atoms with Gasteiger partial charge in [-0.2, -0.15) is 0 Å². The maximum absolute atomic E-state index is 13.2. The summed E-state index contributed by atoms with van der Waals surface area (Å²) < 4.78 is 5.34. The van der Waals surface area contributed by atoms with Crippen molar-refractivity contribution in [3.8, 4) is 10.6 Å². The van der Waals surface area contributed by atoms with Crippen LogP contribution in [0.15, 0.2) is 52.4 Å². The third kappa shape index (κ3) is 3.95. The molecular weight excluding hydrogens is 400 g/mol. The van der Waals surface area contributed by atoms with E-state index in [9.17, 15) is 9.59 Å². The first kappa shape index (κ1) is 19.8. The molecule has 3 heterocycles. The zero-order chi connectivity index (χ0) is 21.3. The number of benzene rings is 1. The molecule has 1 unspecified atom stereocenters. The maximum atomic E-state index is 13.2. The van der Waals surface area contributed by atoms with Gasteiger partial charge in [-0.15, -0.1) is 11.3 Å². The van der Waals surface area contributed by atoms with E-state index < -0.39 is 0 Å². The number of thiophene rings is 1. The summed E-state index contributed by atoms with van der Waals surface area (Å²) in [6.45, 7) is 5.14. The first-order valence-corrected chi connectivity index (χ1v) is 10.3. The second-order valence-electron chi connectivity index (χ2n) is 6.98. The zero-order valence-electron chi connectivity index (χ0n) is 16.7. The second-order valence-corrected chi connectivity index (χ2v) is 7.93. The average molecular weight is 420 g/mol. The summed E-state index contributed by atoms with van der Waals surface area (Å²) >= 11 is 1.54. The number of nitrogens with one attached hydrogen (secondary N) is 2. The number of carbonyl (C=O) groups is 2. The predicted octanol–water partition coefficient (Wildman–Crippen LogP) is 4.71. The van der Waals surface area contributed by atoms with E-state index >= 15 is 0 Å². The van der Waals surface area contributed by atoms with Crippen LogP contribution in [0.5, 0.6) is 0 Å². The first-order valence-electron chi connectivity index (χ1n) is 9.41. The number of carbonyl (C=O) groups excluding carboxylic acids is 2. The molecule has 0 radical (unpaired) electrons. The Hall–Kier alpha value is -3.52. The number of amides is 2. The van der Waals surface area contributed by atoms with Gasteiger partial charge in [0.05, 0.1) is 33.3 Å². The van der Waals surface area contributed by atoms with Gasteiger partial charge in [0, 0.05) is 12.6 Å². The quantitative estimate of drug-likeness (QED) is 0.487. The van der Waals surface area contributed by atoms with Crippen molar-refractivity contribution in [1.82, 2.24) is 15.5 Å². The van der Waals surface area contributed by atoms with Gasteiger partial charge in [-0.05, 0) is 49.1 Å². The molecule has 152 valence electrons. The normalized spacial score (nSPS) is 12.0. The van der Waals surface area contributed by atoms with Gasteiger partial charge in [0.1, 0.15) is 0 Å². The Balaban J connectivity index is 1.66.